The molecule has 0 fully saturated rings. The largest absolute Gasteiger partial charge is 0.306 e. The third-order valence-corrected chi connectivity index (χ3v) is 5.35. The molecule has 1 aliphatic heterocycles. The molecule has 1 N–H and O–H groups in total. The van der Waals surface area contributed by atoms with Crippen molar-refractivity contribution in [3.8, 4) is 11.4 Å². The summed E-state index contributed by atoms with van der Waals surface area (Å²) in [6.45, 7) is 1.93. The second-order valence-corrected chi connectivity index (χ2v) is 7.57. The highest BCUT2D eigenvalue weighted by Crippen LogP contribution is 2.23. The van der Waals surface area contributed by atoms with E-state index in [1.54, 1.807) is 18.2 Å². The zero-order valence-corrected chi connectivity index (χ0v) is 16.4. The van der Waals surface area contributed by atoms with Gasteiger partial charge in [0.05, 0.1) is 5.69 Å². The molecule has 0 spiro atoms. The van der Waals surface area contributed by atoms with Gasteiger partial charge < -0.3 is 4.98 Å². The number of aromatic nitrogens is 3. The van der Waals surface area contributed by atoms with Crippen LogP contribution in [-0.4, -0.2) is 26.4 Å². The van der Waals surface area contributed by atoms with Crippen LogP contribution in [0.1, 0.15) is 16.8 Å². The first-order valence-corrected chi connectivity index (χ1v) is 9.54. The van der Waals surface area contributed by atoms with Crippen molar-refractivity contribution >= 4 is 34.8 Å². The number of benzene rings is 1. The van der Waals surface area contributed by atoms with Crippen LogP contribution in [0.25, 0.3) is 11.4 Å². The number of nitrogens with one attached hydrogen (secondary N) is 1. The summed E-state index contributed by atoms with van der Waals surface area (Å²) >= 11 is 18.0. The fraction of sp³-hybridized carbons (Fsp3) is 0.211. The summed E-state index contributed by atoms with van der Waals surface area (Å²) in [7, 11) is 0. The van der Waals surface area contributed by atoms with E-state index in [1.165, 1.54) is 0 Å². The summed E-state index contributed by atoms with van der Waals surface area (Å²) in [6, 6.07) is 10.8. The summed E-state index contributed by atoms with van der Waals surface area (Å²) in [5.74, 6) is 0.545. The number of halogens is 3. The van der Waals surface area contributed by atoms with Crippen LogP contribution in [0, 0.1) is 0 Å². The second kappa shape index (κ2) is 7.60. The summed E-state index contributed by atoms with van der Waals surface area (Å²) in [4.78, 5) is 26.3. The molecule has 3 heterocycles. The van der Waals surface area contributed by atoms with Crippen LogP contribution in [0.2, 0.25) is 15.3 Å². The molecule has 5 nitrogen and oxygen atoms in total. The van der Waals surface area contributed by atoms with Gasteiger partial charge in [0, 0.05) is 41.3 Å². The van der Waals surface area contributed by atoms with Gasteiger partial charge in [0.1, 0.15) is 16.1 Å². The van der Waals surface area contributed by atoms with Crippen LogP contribution < -0.4 is 5.56 Å². The maximum atomic E-state index is 12.5. The highest BCUT2D eigenvalue weighted by molar-refractivity contribution is 6.32. The van der Waals surface area contributed by atoms with Gasteiger partial charge in [-0.15, -0.1) is 0 Å². The lowest BCUT2D eigenvalue weighted by molar-refractivity contribution is 0.240. The highest BCUT2D eigenvalue weighted by atomic mass is 35.5. The van der Waals surface area contributed by atoms with E-state index >= 15 is 0 Å². The molecule has 0 radical (unpaired) electrons. The Morgan fingerprint density at radius 2 is 1.81 bits per heavy atom. The Bertz CT molecular complexity index is 1050. The van der Waals surface area contributed by atoms with Gasteiger partial charge in [0.25, 0.3) is 5.56 Å². The average Bonchev–Trinajstić information content (AvgIpc) is 2.64. The Morgan fingerprint density at radius 1 is 1.04 bits per heavy atom. The topological polar surface area (TPSA) is 61.9 Å². The molecular weight excluding hydrogens is 407 g/mol. The second-order valence-electron chi connectivity index (χ2n) is 6.39. The van der Waals surface area contributed by atoms with Crippen LogP contribution in [0.15, 0.2) is 41.2 Å². The monoisotopic (exact) mass is 420 g/mol. The lowest BCUT2D eigenvalue weighted by atomic mass is 10.1. The van der Waals surface area contributed by atoms with Gasteiger partial charge in [-0.05, 0) is 36.8 Å². The molecule has 0 saturated heterocycles. The van der Waals surface area contributed by atoms with Crippen molar-refractivity contribution in [2.45, 2.75) is 19.5 Å². The molecule has 0 atom stereocenters. The zero-order valence-electron chi connectivity index (χ0n) is 14.2. The minimum atomic E-state index is -0.0872. The first-order chi connectivity index (χ1) is 13.0. The van der Waals surface area contributed by atoms with E-state index in [1.807, 2.05) is 18.2 Å². The number of hydrogen-bond acceptors (Lipinski definition) is 4. The van der Waals surface area contributed by atoms with Gasteiger partial charge >= 0.3 is 0 Å². The normalized spacial score (nSPS) is 14.2. The number of H-pyrrole nitrogens is 1. The van der Waals surface area contributed by atoms with Gasteiger partial charge in [0.15, 0.2) is 0 Å². The van der Waals surface area contributed by atoms with Gasteiger partial charge in [-0.1, -0.05) is 40.9 Å². The van der Waals surface area contributed by atoms with Crippen LogP contribution in [0.3, 0.4) is 0 Å². The highest BCUT2D eigenvalue weighted by Gasteiger charge is 2.22. The van der Waals surface area contributed by atoms with Crippen molar-refractivity contribution in [2.24, 2.45) is 0 Å². The predicted octanol–water partition coefficient (Wildman–Crippen LogP) is 4.35. The Hall–Kier alpha value is -1.92. The molecule has 0 aliphatic carbocycles. The van der Waals surface area contributed by atoms with E-state index in [4.69, 9.17) is 39.8 Å². The zero-order chi connectivity index (χ0) is 19.0. The molecule has 3 aromatic rings. The summed E-state index contributed by atoms with van der Waals surface area (Å²) in [5, 5.41) is 1.40. The predicted molar refractivity (Wildman–Crippen MR) is 107 cm³/mol. The van der Waals surface area contributed by atoms with E-state index in [0.717, 1.165) is 28.9 Å². The summed E-state index contributed by atoms with van der Waals surface area (Å²) in [6.07, 6.45) is 0.636. The molecule has 138 valence electrons. The van der Waals surface area contributed by atoms with E-state index < -0.39 is 0 Å². The smallest absolute Gasteiger partial charge is 0.254 e. The van der Waals surface area contributed by atoms with Gasteiger partial charge in [0.2, 0.25) is 0 Å². The van der Waals surface area contributed by atoms with Gasteiger partial charge in [-0.25, -0.2) is 9.97 Å². The summed E-state index contributed by atoms with van der Waals surface area (Å²) < 4.78 is 0. The maximum Gasteiger partial charge on any atom is 0.254 e. The lowest BCUT2D eigenvalue weighted by Gasteiger charge is -2.27. The number of rotatable bonds is 3. The average molecular weight is 422 g/mol. The van der Waals surface area contributed by atoms with Crippen molar-refractivity contribution in [1.29, 1.82) is 0 Å². The van der Waals surface area contributed by atoms with Crippen molar-refractivity contribution < 1.29 is 0 Å². The fourth-order valence-corrected chi connectivity index (χ4v) is 3.70. The Kier molecular flexibility index (Phi) is 5.19. The number of nitrogens with zero attached hydrogens (tertiary/aromatic N) is 3. The molecule has 2 aromatic heterocycles. The van der Waals surface area contributed by atoms with Crippen LogP contribution in [0.5, 0.6) is 0 Å². The molecule has 1 aromatic carbocycles. The van der Waals surface area contributed by atoms with Crippen LogP contribution in [-0.2, 0) is 19.5 Å². The van der Waals surface area contributed by atoms with Crippen LogP contribution >= 0.6 is 34.8 Å². The Labute approximate surface area is 170 Å². The van der Waals surface area contributed by atoms with E-state index in [2.05, 4.69) is 14.9 Å². The van der Waals surface area contributed by atoms with Crippen molar-refractivity contribution in [3.05, 3.63) is 78.9 Å². The van der Waals surface area contributed by atoms with Crippen molar-refractivity contribution in [1.82, 2.24) is 19.9 Å². The summed E-state index contributed by atoms with van der Waals surface area (Å²) in [5.41, 5.74) is 3.15. The van der Waals surface area contributed by atoms with Gasteiger partial charge in [-0.2, -0.15) is 0 Å². The third-order valence-electron chi connectivity index (χ3n) is 4.56. The lowest BCUT2D eigenvalue weighted by Crippen LogP contribution is -2.35. The number of hydrogen-bond donors (Lipinski definition) is 1. The standard InChI is InChI=1S/C19H15Cl3N4O/c20-13-4-1-11(2-5-13)18-23-15-10-26(8-7-14(15)19(27)25-18)9-12-3-6-16(21)24-17(12)22/h1-6H,7-10H2,(H,23,25,27). The molecule has 0 amide bonds. The maximum absolute atomic E-state index is 12.5. The first kappa shape index (κ1) is 18.4. The van der Waals surface area contributed by atoms with E-state index in [0.29, 0.717) is 40.7 Å². The minimum absolute atomic E-state index is 0.0872. The molecular formula is C19H15Cl3N4O. The first-order valence-electron chi connectivity index (χ1n) is 8.41. The fourth-order valence-electron chi connectivity index (χ4n) is 3.17. The molecule has 0 unspecified atom stereocenters. The molecule has 4 rings (SSSR count). The van der Waals surface area contributed by atoms with Gasteiger partial charge in [-0.3, -0.25) is 9.69 Å². The SMILES string of the molecule is O=c1[nH]c(-c2ccc(Cl)cc2)nc2c1CCN(Cc1ccc(Cl)nc1Cl)C2. The van der Waals surface area contributed by atoms with E-state index in [9.17, 15) is 4.79 Å². The molecule has 0 bridgehead atoms. The molecule has 0 saturated carbocycles. The minimum Gasteiger partial charge on any atom is -0.306 e. The van der Waals surface area contributed by atoms with Crippen molar-refractivity contribution in [2.75, 3.05) is 6.54 Å². The van der Waals surface area contributed by atoms with Crippen molar-refractivity contribution in [3.63, 3.8) is 0 Å². The number of aromatic amines is 1. The quantitative estimate of drug-likeness (QED) is 0.639. The van der Waals surface area contributed by atoms with E-state index in [-0.39, 0.29) is 5.56 Å². The molecule has 1 aliphatic rings. The Morgan fingerprint density at radius 3 is 2.56 bits per heavy atom. The number of pyridine rings is 1. The molecule has 27 heavy (non-hydrogen) atoms. The molecule has 8 heteroatoms. The number of fused-ring (bicyclic) bond motifs is 1. The third kappa shape index (κ3) is 4.01. The Balaban J connectivity index is 1.61. The van der Waals surface area contributed by atoms with Crippen LogP contribution in [0.4, 0.5) is 0 Å².